The van der Waals surface area contributed by atoms with Gasteiger partial charge in [-0.05, 0) is 26.1 Å². The highest BCUT2D eigenvalue weighted by atomic mass is 16.2. The smallest absolute Gasteiger partial charge is 0.225 e. The Kier molecular flexibility index (Phi) is 7.92. The van der Waals surface area contributed by atoms with Crippen molar-refractivity contribution in [3.05, 3.63) is 35.9 Å². The van der Waals surface area contributed by atoms with Gasteiger partial charge in [-0.3, -0.25) is 9.59 Å². The van der Waals surface area contributed by atoms with E-state index in [2.05, 4.69) is 27.7 Å². The molecular weight excluding hydrogens is 302 g/mol. The number of hydrogen-bond acceptors (Lipinski definition) is 3. The van der Waals surface area contributed by atoms with Crippen molar-refractivity contribution in [2.45, 2.75) is 39.7 Å². The molecule has 1 unspecified atom stereocenters. The van der Waals surface area contributed by atoms with Crippen molar-refractivity contribution in [1.82, 2.24) is 15.5 Å². The molecule has 1 aromatic rings. The van der Waals surface area contributed by atoms with Gasteiger partial charge in [0.05, 0.1) is 6.04 Å². The third kappa shape index (κ3) is 7.13. The summed E-state index contributed by atoms with van der Waals surface area (Å²) in [4.78, 5) is 25.8. The van der Waals surface area contributed by atoms with Gasteiger partial charge in [0.25, 0.3) is 0 Å². The van der Waals surface area contributed by atoms with Crippen LogP contribution in [0.25, 0.3) is 0 Å². The fourth-order valence-electron chi connectivity index (χ4n) is 2.29. The number of likely N-dealkylation sites (N-methyl/N-ethyl adjacent to an activating group) is 1. The predicted molar refractivity (Wildman–Crippen MR) is 97.6 cm³/mol. The highest BCUT2D eigenvalue weighted by molar-refractivity contribution is 5.81. The minimum absolute atomic E-state index is 0.0136. The molecule has 1 aromatic carbocycles. The van der Waals surface area contributed by atoms with Crippen molar-refractivity contribution in [3.63, 3.8) is 0 Å². The van der Waals surface area contributed by atoms with E-state index >= 15 is 0 Å². The lowest BCUT2D eigenvalue weighted by atomic mass is 9.96. The van der Waals surface area contributed by atoms with E-state index in [-0.39, 0.29) is 17.9 Å². The summed E-state index contributed by atoms with van der Waals surface area (Å²) in [5.74, 6) is 0.0300. The molecule has 0 aliphatic rings. The van der Waals surface area contributed by atoms with Gasteiger partial charge >= 0.3 is 0 Å². The van der Waals surface area contributed by atoms with E-state index in [1.54, 1.807) is 0 Å². The Hall–Kier alpha value is -1.88. The van der Waals surface area contributed by atoms with E-state index in [1.807, 2.05) is 53.1 Å². The van der Waals surface area contributed by atoms with Gasteiger partial charge in [-0.2, -0.15) is 0 Å². The maximum atomic E-state index is 12.0. The molecular formula is C19H31N3O2. The van der Waals surface area contributed by atoms with E-state index in [0.717, 1.165) is 0 Å². The molecule has 0 saturated carbocycles. The van der Waals surface area contributed by atoms with Gasteiger partial charge in [0.15, 0.2) is 0 Å². The Morgan fingerprint density at radius 2 is 1.71 bits per heavy atom. The van der Waals surface area contributed by atoms with E-state index < -0.39 is 5.41 Å². The highest BCUT2D eigenvalue weighted by Gasteiger charge is 2.20. The number of carbonyl (C=O) groups excluding carboxylic acids is 2. The lowest BCUT2D eigenvalue weighted by Gasteiger charge is -2.25. The number of benzene rings is 1. The second-order valence-electron chi connectivity index (χ2n) is 7.30. The molecule has 1 rings (SSSR count). The van der Waals surface area contributed by atoms with Crippen molar-refractivity contribution >= 4 is 11.8 Å². The fourth-order valence-corrected chi connectivity index (χ4v) is 2.29. The van der Waals surface area contributed by atoms with Crippen LogP contribution in [0, 0.1) is 5.41 Å². The van der Waals surface area contributed by atoms with E-state index in [9.17, 15) is 9.59 Å². The molecule has 0 fully saturated rings. The van der Waals surface area contributed by atoms with Crippen LogP contribution >= 0.6 is 0 Å². The van der Waals surface area contributed by atoms with Gasteiger partial charge in [0, 0.05) is 24.9 Å². The third-order valence-electron chi connectivity index (χ3n) is 3.85. The van der Waals surface area contributed by atoms with Crippen molar-refractivity contribution in [2.75, 3.05) is 27.2 Å². The van der Waals surface area contributed by atoms with Crippen LogP contribution in [0.4, 0.5) is 0 Å². The number of amides is 2. The average molecular weight is 333 g/mol. The minimum Gasteiger partial charge on any atom is -0.356 e. The standard InChI is InChI=1S/C19H31N3O2/c1-19(2,3)18(24)20-13-9-12-17(23)21-14-16(22(4)5)15-10-7-6-8-11-15/h6-8,10-11,16H,9,12-14H2,1-5H3,(H,20,24)(H,21,23). The molecule has 5 heteroatoms. The van der Waals surface area contributed by atoms with Crippen molar-refractivity contribution < 1.29 is 9.59 Å². The van der Waals surface area contributed by atoms with Gasteiger partial charge in [0.2, 0.25) is 11.8 Å². The van der Waals surface area contributed by atoms with Crippen LogP contribution in [0.2, 0.25) is 0 Å². The average Bonchev–Trinajstić information content (AvgIpc) is 2.51. The predicted octanol–water partition coefficient (Wildman–Crippen LogP) is 2.35. The SMILES string of the molecule is CN(C)C(CNC(=O)CCCNC(=O)C(C)(C)C)c1ccccc1. The first-order chi connectivity index (χ1) is 11.2. The van der Waals surface area contributed by atoms with Crippen LogP contribution in [0.3, 0.4) is 0 Å². The maximum absolute atomic E-state index is 12.0. The quantitative estimate of drug-likeness (QED) is 0.718. The molecule has 0 radical (unpaired) electrons. The Bertz CT molecular complexity index is 521. The summed E-state index contributed by atoms with van der Waals surface area (Å²) in [7, 11) is 4.01. The van der Waals surface area contributed by atoms with Crippen molar-refractivity contribution in [1.29, 1.82) is 0 Å². The maximum Gasteiger partial charge on any atom is 0.225 e. The molecule has 24 heavy (non-hydrogen) atoms. The molecule has 5 nitrogen and oxygen atoms in total. The van der Waals surface area contributed by atoms with Crippen LogP contribution in [-0.2, 0) is 9.59 Å². The molecule has 0 aliphatic carbocycles. The monoisotopic (exact) mass is 333 g/mol. The summed E-state index contributed by atoms with van der Waals surface area (Å²) < 4.78 is 0. The lowest BCUT2D eigenvalue weighted by Crippen LogP contribution is -2.36. The van der Waals surface area contributed by atoms with Crippen molar-refractivity contribution in [2.24, 2.45) is 5.41 Å². The third-order valence-corrected chi connectivity index (χ3v) is 3.85. The fraction of sp³-hybridized carbons (Fsp3) is 0.579. The lowest BCUT2D eigenvalue weighted by molar-refractivity contribution is -0.128. The van der Waals surface area contributed by atoms with Gasteiger partial charge < -0.3 is 15.5 Å². The Morgan fingerprint density at radius 3 is 2.25 bits per heavy atom. The highest BCUT2D eigenvalue weighted by Crippen LogP contribution is 2.16. The Morgan fingerprint density at radius 1 is 1.08 bits per heavy atom. The summed E-state index contributed by atoms with van der Waals surface area (Å²) in [6.45, 7) is 6.73. The Labute approximate surface area is 145 Å². The molecule has 0 spiro atoms. The molecule has 2 amide bonds. The summed E-state index contributed by atoms with van der Waals surface area (Å²) >= 11 is 0. The first kappa shape index (κ1) is 20.2. The van der Waals surface area contributed by atoms with Crippen LogP contribution in [-0.4, -0.2) is 43.9 Å². The van der Waals surface area contributed by atoms with Crippen molar-refractivity contribution in [3.8, 4) is 0 Å². The molecule has 0 saturated heterocycles. The molecule has 134 valence electrons. The number of hydrogen-bond donors (Lipinski definition) is 2. The summed E-state index contributed by atoms with van der Waals surface area (Å²) in [5, 5.41) is 5.85. The molecule has 0 aliphatic heterocycles. The number of carbonyl (C=O) groups is 2. The van der Waals surface area contributed by atoms with Gasteiger partial charge in [-0.15, -0.1) is 0 Å². The first-order valence-electron chi connectivity index (χ1n) is 8.48. The van der Waals surface area contributed by atoms with E-state index in [1.165, 1.54) is 5.56 Å². The minimum atomic E-state index is -0.392. The normalized spacial score (nSPS) is 12.8. The first-order valence-corrected chi connectivity index (χ1v) is 8.48. The zero-order valence-electron chi connectivity index (χ0n) is 15.6. The number of rotatable bonds is 8. The van der Waals surface area contributed by atoms with E-state index in [4.69, 9.17) is 0 Å². The molecule has 1 atom stereocenters. The number of nitrogens with one attached hydrogen (secondary N) is 2. The second-order valence-corrected chi connectivity index (χ2v) is 7.30. The summed E-state index contributed by atoms with van der Waals surface area (Å²) in [6, 6.07) is 10.3. The van der Waals surface area contributed by atoms with Gasteiger partial charge in [-0.1, -0.05) is 51.1 Å². The largest absolute Gasteiger partial charge is 0.356 e. The molecule has 0 aromatic heterocycles. The van der Waals surface area contributed by atoms with E-state index in [0.29, 0.717) is 25.9 Å². The van der Waals surface area contributed by atoms with Crippen LogP contribution in [0.15, 0.2) is 30.3 Å². The van der Waals surface area contributed by atoms with Crippen LogP contribution in [0.1, 0.15) is 45.2 Å². The second kappa shape index (κ2) is 9.42. The van der Waals surface area contributed by atoms with Crippen LogP contribution < -0.4 is 10.6 Å². The summed E-state index contributed by atoms with van der Waals surface area (Å²) in [5.41, 5.74) is 0.789. The topological polar surface area (TPSA) is 61.4 Å². The van der Waals surface area contributed by atoms with Crippen LogP contribution in [0.5, 0.6) is 0 Å². The molecule has 0 bridgehead atoms. The molecule has 0 heterocycles. The number of nitrogens with zero attached hydrogens (tertiary/aromatic N) is 1. The Balaban J connectivity index is 2.33. The van der Waals surface area contributed by atoms with Gasteiger partial charge in [0.1, 0.15) is 0 Å². The zero-order valence-corrected chi connectivity index (χ0v) is 15.6. The summed E-state index contributed by atoms with van der Waals surface area (Å²) in [6.07, 6.45) is 1.06. The van der Waals surface area contributed by atoms with Gasteiger partial charge in [-0.25, -0.2) is 0 Å². The zero-order chi connectivity index (χ0) is 18.2. The molecule has 2 N–H and O–H groups in total.